The molecule has 0 heterocycles. The highest BCUT2D eigenvalue weighted by atomic mass is 19.1. The van der Waals surface area contributed by atoms with Crippen molar-refractivity contribution in [3.8, 4) is 5.75 Å². The van der Waals surface area contributed by atoms with E-state index in [4.69, 9.17) is 26.2 Å². The molecule has 0 aromatic heterocycles. The number of aliphatic hydroxyl groups excluding tert-OH is 1. The Kier molecular flexibility index (Phi) is 5.94. The first kappa shape index (κ1) is 16.7. The fourth-order valence-electron chi connectivity index (χ4n) is 1.61. The fourth-order valence-corrected chi connectivity index (χ4v) is 1.61. The van der Waals surface area contributed by atoms with Crippen LogP contribution in [0.5, 0.6) is 5.75 Å². The van der Waals surface area contributed by atoms with Crippen LogP contribution in [0.1, 0.15) is 17.3 Å². The summed E-state index contributed by atoms with van der Waals surface area (Å²) in [5, 5.41) is 9.80. The summed E-state index contributed by atoms with van der Waals surface area (Å²) >= 11 is 0. The van der Waals surface area contributed by atoms with Crippen LogP contribution in [0.25, 0.3) is 0 Å². The summed E-state index contributed by atoms with van der Waals surface area (Å²) in [6.45, 7) is 1.24. The Bertz CT molecular complexity index is 548. The van der Waals surface area contributed by atoms with Crippen LogP contribution in [0.15, 0.2) is 24.0 Å². The SMILES string of the molecule is CCOC(=O)c1c(N(N)/C=C(\N)CO)ccc(OC)c1F. The Balaban J connectivity index is 3.37. The maximum atomic E-state index is 14.3. The summed E-state index contributed by atoms with van der Waals surface area (Å²) in [7, 11) is 1.27. The van der Waals surface area contributed by atoms with Gasteiger partial charge in [0.15, 0.2) is 11.6 Å². The number of hydrazine groups is 1. The van der Waals surface area contributed by atoms with Gasteiger partial charge in [-0.3, -0.25) is 5.01 Å². The van der Waals surface area contributed by atoms with Gasteiger partial charge in [0.25, 0.3) is 0 Å². The van der Waals surface area contributed by atoms with E-state index in [0.29, 0.717) is 0 Å². The molecule has 0 saturated heterocycles. The molecule has 0 radical (unpaired) electrons. The van der Waals surface area contributed by atoms with E-state index < -0.39 is 18.4 Å². The lowest BCUT2D eigenvalue weighted by Crippen LogP contribution is -2.29. The number of benzene rings is 1. The Morgan fingerprint density at radius 2 is 2.19 bits per heavy atom. The molecule has 5 N–H and O–H groups in total. The Morgan fingerprint density at radius 1 is 1.52 bits per heavy atom. The number of hydrogen-bond donors (Lipinski definition) is 3. The minimum absolute atomic E-state index is 0.0307. The molecule has 1 aromatic rings. The van der Waals surface area contributed by atoms with E-state index in [0.717, 1.165) is 5.01 Å². The first-order valence-electron chi connectivity index (χ1n) is 6.10. The zero-order chi connectivity index (χ0) is 16.0. The average Bonchev–Trinajstić information content (AvgIpc) is 2.46. The zero-order valence-electron chi connectivity index (χ0n) is 11.8. The lowest BCUT2D eigenvalue weighted by atomic mass is 10.1. The van der Waals surface area contributed by atoms with E-state index in [-0.39, 0.29) is 29.3 Å². The van der Waals surface area contributed by atoms with Crippen molar-refractivity contribution in [2.45, 2.75) is 6.92 Å². The van der Waals surface area contributed by atoms with Crippen molar-refractivity contribution in [3.63, 3.8) is 0 Å². The largest absolute Gasteiger partial charge is 0.494 e. The molecule has 0 atom stereocenters. The van der Waals surface area contributed by atoms with Gasteiger partial charge >= 0.3 is 5.97 Å². The second-order valence-corrected chi connectivity index (χ2v) is 3.97. The van der Waals surface area contributed by atoms with E-state index in [1.165, 1.54) is 25.4 Å². The van der Waals surface area contributed by atoms with Crippen molar-refractivity contribution in [3.05, 3.63) is 35.4 Å². The number of methoxy groups -OCH3 is 1. The van der Waals surface area contributed by atoms with Gasteiger partial charge in [-0.1, -0.05) is 0 Å². The van der Waals surface area contributed by atoms with Gasteiger partial charge in [0.2, 0.25) is 0 Å². The van der Waals surface area contributed by atoms with Gasteiger partial charge in [0.1, 0.15) is 5.56 Å². The third kappa shape index (κ3) is 3.83. The van der Waals surface area contributed by atoms with Crippen LogP contribution in [-0.2, 0) is 4.74 Å². The Hall–Kier alpha value is -2.32. The number of carbonyl (C=O) groups excluding carboxylic acids is 1. The predicted molar refractivity (Wildman–Crippen MR) is 74.9 cm³/mol. The standard InChI is InChI=1S/C13H18FN3O4/c1-3-21-13(19)11-9(17(16)6-8(15)7-18)4-5-10(20-2)12(11)14/h4-6,18H,3,7,15-16H2,1-2H3/b8-6-. The number of nitrogens with two attached hydrogens (primary N) is 2. The number of anilines is 1. The summed E-state index contributed by atoms with van der Waals surface area (Å²) in [5.41, 5.74) is 5.15. The number of halogens is 1. The normalized spacial score (nSPS) is 11.2. The number of carbonyl (C=O) groups is 1. The number of ether oxygens (including phenoxy) is 2. The predicted octanol–water partition coefficient (Wildman–Crippen LogP) is 0.484. The summed E-state index contributed by atoms with van der Waals surface area (Å²) in [5.74, 6) is 3.83. The van der Waals surface area contributed by atoms with Crippen molar-refractivity contribution < 1.29 is 23.8 Å². The van der Waals surface area contributed by atoms with Crippen LogP contribution in [0, 0.1) is 5.82 Å². The summed E-state index contributed by atoms with van der Waals surface area (Å²) in [6, 6.07) is 2.70. The van der Waals surface area contributed by atoms with Crippen LogP contribution >= 0.6 is 0 Å². The van der Waals surface area contributed by atoms with E-state index >= 15 is 0 Å². The smallest absolute Gasteiger partial charge is 0.343 e. The topological polar surface area (TPSA) is 111 Å². The van der Waals surface area contributed by atoms with Gasteiger partial charge in [-0.05, 0) is 19.1 Å². The molecule has 0 saturated carbocycles. The van der Waals surface area contributed by atoms with E-state index in [1.54, 1.807) is 6.92 Å². The molecule has 8 heteroatoms. The molecule has 21 heavy (non-hydrogen) atoms. The molecule has 0 aliphatic carbocycles. The molecule has 1 aromatic carbocycles. The molecular formula is C13H18FN3O4. The molecule has 0 aliphatic heterocycles. The summed E-state index contributed by atoms with van der Waals surface area (Å²) < 4.78 is 23.9. The second kappa shape index (κ2) is 7.46. The first-order valence-corrected chi connectivity index (χ1v) is 6.10. The second-order valence-electron chi connectivity index (χ2n) is 3.97. The molecule has 0 spiro atoms. The number of hydrogen-bond acceptors (Lipinski definition) is 7. The zero-order valence-corrected chi connectivity index (χ0v) is 11.8. The molecule has 1 rings (SSSR count). The molecule has 0 aliphatic rings. The van der Waals surface area contributed by atoms with E-state index in [2.05, 4.69) is 0 Å². The Labute approximate surface area is 121 Å². The van der Waals surface area contributed by atoms with Gasteiger partial charge in [-0.2, -0.15) is 0 Å². The molecule has 0 fully saturated rings. The third-order valence-corrected chi connectivity index (χ3v) is 2.55. The number of rotatable bonds is 6. The van der Waals surface area contributed by atoms with Crippen LogP contribution in [0.4, 0.5) is 10.1 Å². The van der Waals surface area contributed by atoms with Crippen molar-refractivity contribution in [1.82, 2.24) is 0 Å². The van der Waals surface area contributed by atoms with E-state index in [1.807, 2.05) is 0 Å². The van der Waals surface area contributed by atoms with E-state index in [9.17, 15) is 9.18 Å². The number of aliphatic hydroxyl groups is 1. The molecular weight excluding hydrogens is 281 g/mol. The minimum atomic E-state index is -0.889. The van der Waals surface area contributed by atoms with Crippen molar-refractivity contribution in [2.24, 2.45) is 11.6 Å². The highest BCUT2D eigenvalue weighted by molar-refractivity contribution is 5.97. The van der Waals surface area contributed by atoms with Gasteiger partial charge < -0.3 is 20.3 Å². The lowest BCUT2D eigenvalue weighted by Gasteiger charge is -2.19. The van der Waals surface area contributed by atoms with Crippen molar-refractivity contribution in [1.29, 1.82) is 0 Å². The first-order chi connectivity index (χ1) is 9.96. The monoisotopic (exact) mass is 299 g/mol. The Morgan fingerprint density at radius 3 is 2.71 bits per heavy atom. The quantitative estimate of drug-likeness (QED) is 0.398. The van der Waals surface area contributed by atoms with Crippen LogP contribution in [-0.4, -0.2) is 31.4 Å². The molecule has 0 unspecified atom stereocenters. The molecule has 7 nitrogen and oxygen atoms in total. The van der Waals surface area contributed by atoms with Gasteiger partial charge in [0.05, 0.1) is 31.7 Å². The van der Waals surface area contributed by atoms with Gasteiger partial charge in [-0.15, -0.1) is 0 Å². The summed E-state index contributed by atoms with van der Waals surface area (Å²) in [4.78, 5) is 11.9. The summed E-state index contributed by atoms with van der Waals surface area (Å²) in [6.07, 6.45) is 1.17. The highest BCUT2D eigenvalue weighted by Crippen LogP contribution is 2.29. The average molecular weight is 299 g/mol. The third-order valence-electron chi connectivity index (χ3n) is 2.55. The van der Waals surface area contributed by atoms with Crippen LogP contribution < -0.4 is 21.3 Å². The van der Waals surface area contributed by atoms with Gasteiger partial charge in [-0.25, -0.2) is 15.0 Å². The van der Waals surface area contributed by atoms with Crippen LogP contribution in [0.3, 0.4) is 0 Å². The molecule has 0 amide bonds. The maximum Gasteiger partial charge on any atom is 0.343 e. The number of esters is 1. The fraction of sp³-hybridized carbons (Fsp3) is 0.308. The van der Waals surface area contributed by atoms with Crippen molar-refractivity contribution in [2.75, 3.05) is 25.3 Å². The molecule has 0 bridgehead atoms. The molecule has 116 valence electrons. The van der Waals surface area contributed by atoms with Crippen LogP contribution in [0.2, 0.25) is 0 Å². The minimum Gasteiger partial charge on any atom is -0.494 e. The number of nitrogens with zero attached hydrogens (tertiary/aromatic N) is 1. The van der Waals surface area contributed by atoms with Crippen molar-refractivity contribution >= 4 is 11.7 Å². The van der Waals surface area contributed by atoms with Gasteiger partial charge in [0, 0.05) is 6.20 Å². The maximum absolute atomic E-state index is 14.3. The highest BCUT2D eigenvalue weighted by Gasteiger charge is 2.24. The lowest BCUT2D eigenvalue weighted by molar-refractivity contribution is 0.0521.